The standard InChI is InChI=1S/C13H14BrFN2O/c1-3-17(8-9(2)7-16)13(18)11-5-4-10(14)6-12(11)15/h4-6,9H,3,8H2,1-2H3/t9-/m1/s1. The van der Waals surface area contributed by atoms with Gasteiger partial charge in [-0.25, -0.2) is 4.39 Å². The molecule has 1 rings (SSSR count). The van der Waals surface area contributed by atoms with E-state index in [1.54, 1.807) is 19.9 Å². The first-order valence-electron chi connectivity index (χ1n) is 5.63. The fourth-order valence-corrected chi connectivity index (χ4v) is 1.89. The first-order chi connectivity index (χ1) is 8.49. The van der Waals surface area contributed by atoms with E-state index in [0.717, 1.165) is 0 Å². The maximum Gasteiger partial charge on any atom is 0.256 e. The predicted octanol–water partition coefficient (Wildman–Crippen LogP) is 3.21. The minimum absolute atomic E-state index is 0.0326. The van der Waals surface area contributed by atoms with E-state index in [1.807, 2.05) is 0 Å². The van der Waals surface area contributed by atoms with Crippen molar-refractivity contribution in [3.05, 3.63) is 34.1 Å². The lowest BCUT2D eigenvalue weighted by Gasteiger charge is -2.22. The van der Waals surface area contributed by atoms with E-state index in [9.17, 15) is 9.18 Å². The van der Waals surface area contributed by atoms with E-state index in [1.165, 1.54) is 17.0 Å². The molecule has 0 saturated heterocycles. The van der Waals surface area contributed by atoms with Gasteiger partial charge >= 0.3 is 0 Å². The molecule has 0 unspecified atom stereocenters. The molecule has 0 aliphatic heterocycles. The van der Waals surface area contributed by atoms with E-state index < -0.39 is 5.82 Å². The lowest BCUT2D eigenvalue weighted by atomic mass is 10.1. The van der Waals surface area contributed by atoms with Gasteiger partial charge in [-0.3, -0.25) is 4.79 Å². The van der Waals surface area contributed by atoms with Crippen molar-refractivity contribution in [2.24, 2.45) is 5.92 Å². The molecule has 5 heteroatoms. The summed E-state index contributed by atoms with van der Waals surface area (Å²) in [6.45, 7) is 4.29. The smallest absolute Gasteiger partial charge is 0.256 e. The summed E-state index contributed by atoms with van der Waals surface area (Å²) in [5.74, 6) is -1.21. The van der Waals surface area contributed by atoms with Crippen molar-refractivity contribution in [3.63, 3.8) is 0 Å². The Kier molecular flexibility index (Phi) is 5.29. The monoisotopic (exact) mass is 312 g/mol. The molecule has 0 bridgehead atoms. The molecule has 0 spiro atoms. The molecule has 0 aliphatic rings. The van der Waals surface area contributed by atoms with Crippen molar-refractivity contribution in [3.8, 4) is 6.07 Å². The second kappa shape index (κ2) is 6.50. The molecule has 0 fully saturated rings. The summed E-state index contributed by atoms with van der Waals surface area (Å²) < 4.78 is 14.3. The van der Waals surface area contributed by atoms with Crippen LogP contribution in [0.4, 0.5) is 4.39 Å². The van der Waals surface area contributed by atoms with E-state index in [-0.39, 0.29) is 17.4 Å². The molecule has 0 aromatic heterocycles. The molecular formula is C13H14BrFN2O. The maximum atomic E-state index is 13.7. The van der Waals surface area contributed by atoms with Gasteiger partial charge in [-0.2, -0.15) is 5.26 Å². The van der Waals surface area contributed by atoms with Crippen molar-refractivity contribution in [2.75, 3.05) is 13.1 Å². The van der Waals surface area contributed by atoms with Crippen LogP contribution in [0.2, 0.25) is 0 Å². The zero-order valence-electron chi connectivity index (χ0n) is 10.3. The summed E-state index contributed by atoms with van der Waals surface area (Å²) in [7, 11) is 0. The number of nitriles is 1. The molecule has 0 N–H and O–H groups in total. The van der Waals surface area contributed by atoms with Crippen LogP contribution in [0.1, 0.15) is 24.2 Å². The van der Waals surface area contributed by atoms with E-state index in [4.69, 9.17) is 5.26 Å². The number of amides is 1. The number of hydrogen-bond donors (Lipinski definition) is 0. The Morgan fingerprint density at radius 2 is 2.28 bits per heavy atom. The van der Waals surface area contributed by atoms with Crippen LogP contribution in [0.3, 0.4) is 0 Å². The summed E-state index contributed by atoms with van der Waals surface area (Å²) >= 11 is 3.14. The first-order valence-corrected chi connectivity index (χ1v) is 6.42. The third kappa shape index (κ3) is 3.54. The number of carbonyl (C=O) groups is 1. The highest BCUT2D eigenvalue weighted by Gasteiger charge is 2.19. The molecule has 1 aromatic carbocycles. The van der Waals surface area contributed by atoms with Gasteiger partial charge in [-0.15, -0.1) is 0 Å². The Bertz CT molecular complexity index is 484. The number of carbonyl (C=O) groups excluding carboxylic acids is 1. The van der Waals surface area contributed by atoms with Crippen molar-refractivity contribution >= 4 is 21.8 Å². The third-order valence-corrected chi connectivity index (χ3v) is 3.04. The van der Waals surface area contributed by atoms with Gasteiger partial charge in [0.05, 0.1) is 17.6 Å². The van der Waals surface area contributed by atoms with Crippen LogP contribution in [0, 0.1) is 23.1 Å². The van der Waals surface area contributed by atoms with E-state index in [2.05, 4.69) is 22.0 Å². The van der Waals surface area contributed by atoms with Crippen LogP contribution < -0.4 is 0 Å². The third-order valence-electron chi connectivity index (χ3n) is 2.55. The van der Waals surface area contributed by atoms with Gasteiger partial charge in [0.1, 0.15) is 5.82 Å². The highest BCUT2D eigenvalue weighted by molar-refractivity contribution is 9.10. The van der Waals surface area contributed by atoms with Crippen LogP contribution in [0.15, 0.2) is 22.7 Å². The molecule has 3 nitrogen and oxygen atoms in total. The van der Waals surface area contributed by atoms with Gasteiger partial charge in [0.2, 0.25) is 0 Å². The van der Waals surface area contributed by atoms with E-state index in [0.29, 0.717) is 17.6 Å². The summed E-state index contributed by atoms with van der Waals surface area (Å²) in [6, 6.07) is 6.39. The van der Waals surface area contributed by atoms with Gasteiger partial charge < -0.3 is 4.90 Å². The van der Waals surface area contributed by atoms with Crippen LogP contribution in [-0.2, 0) is 0 Å². The van der Waals surface area contributed by atoms with Gasteiger partial charge in [0.15, 0.2) is 0 Å². The summed E-state index contributed by atoms with van der Waals surface area (Å²) in [6.07, 6.45) is 0. The van der Waals surface area contributed by atoms with Crippen molar-refractivity contribution in [2.45, 2.75) is 13.8 Å². The second-order valence-electron chi connectivity index (χ2n) is 4.00. The Hall–Kier alpha value is -1.41. The van der Waals surface area contributed by atoms with Crippen molar-refractivity contribution in [1.82, 2.24) is 4.90 Å². The molecule has 1 amide bonds. The number of nitrogens with zero attached hydrogens (tertiary/aromatic N) is 2. The molecule has 0 aliphatic carbocycles. The van der Waals surface area contributed by atoms with Gasteiger partial charge in [0.25, 0.3) is 5.91 Å². The van der Waals surface area contributed by atoms with Gasteiger partial charge in [0, 0.05) is 17.6 Å². The quantitative estimate of drug-likeness (QED) is 0.857. The summed E-state index contributed by atoms with van der Waals surface area (Å²) in [5.41, 5.74) is 0.0326. The lowest BCUT2D eigenvalue weighted by Crippen LogP contribution is -2.34. The van der Waals surface area contributed by atoms with Gasteiger partial charge in [-0.1, -0.05) is 15.9 Å². The van der Waals surface area contributed by atoms with Crippen LogP contribution >= 0.6 is 15.9 Å². The zero-order valence-corrected chi connectivity index (χ0v) is 11.9. The molecule has 0 heterocycles. The SMILES string of the molecule is CCN(C[C@H](C)C#N)C(=O)c1ccc(Br)cc1F. The molecule has 1 aromatic rings. The Balaban J connectivity index is 2.94. The summed E-state index contributed by atoms with van der Waals surface area (Å²) in [4.78, 5) is 13.6. The Morgan fingerprint density at radius 1 is 1.61 bits per heavy atom. The largest absolute Gasteiger partial charge is 0.338 e. The molecule has 18 heavy (non-hydrogen) atoms. The Morgan fingerprint density at radius 3 is 2.78 bits per heavy atom. The normalized spacial score (nSPS) is 11.7. The number of halogens is 2. The van der Waals surface area contributed by atoms with Crippen LogP contribution in [0.5, 0.6) is 0 Å². The first kappa shape index (κ1) is 14.7. The second-order valence-corrected chi connectivity index (χ2v) is 4.91. The Labute approximate surface area is 114 Å². The average Bonchev–Trinajstić information content (AvgIpc) is 2.34. The number of benzene rings is 1. The van der Waals surface area contributed by atoms with E-state index >= 15 is 0 Å². The fraction of sp³-hybridized carbons (Fsp3) is 0.385. The maximum absolute atomic E-state index is 13.7. The van der Waals surface area contributed by atoms with Crippen molar-refractivity contribution < 1.29 is 9.18 Å². The van der Waals surface area contributed by atoms with Gasteiger partial charge in [-0.05, 0) is 32.0 Å². The molecule has 0 radical (unpaired) electrons. The molecule has 1 atom stereocenters. The van der Waals surface area contributed by atoms with Crippen molar-refractivity contribution in [1.29, 1.82) is 5.26 Å². The molecule has 0 saturated carbocycles. The molecule has 96 valence electrons. The molecular weight excluding hydrogens is 299 g/mol. The minimum atomic E-state index is -0.558. The topological polar surface area (TPSA) is 44.1 Å². The summed E-state index contributed by atoms with van der Waals surface area (Å²) in [5, 5.41) is 8.75. The minimum Gasteiger partial charge on any atom is -0.338 e. The van der Waals surface area contributed by atoms with Crippen LogP contribution in [-0.4, -0.2) is 23.9 Å². The number of rotatable bonds is 4. The average molecular weight is 313 g/mol. The highest BCUT2D eigenvalue weighted by atomic mass is 79.9. The number of hydrogen-bond acceptors (Lipinski definition) is 2. The zero-order chi connectivity index (χ0) is 13.7. The highest BCUT2D eigenvalue weighted by Crippen LogP contribution is 2.17. The predicted molar refractivity (Wildman–Crippen MR) is 70.5 cm³/mol. The lowest BCUT2D eigenvalue weighted by molar-refractivity contribution is 0.0748. The van der Waals surface area contributed by atoms with Crippen LogP contribution in [0.25, 0.3) is 0 Å². The fourth-order valence-electron chi connectivity index (χ4n) is 1.56.